The summed E-state index contributed by atoms with van der Waals surface area (Å²) in [6.45, 7) is 2.04. The molecular weight excluding hydrogens is 356 g/mol. The third-order valence-corrected chi connectivity index (χ3v) is 4.40. The van der Waals surface area contributed by atoms with E-state index in [0.29, 0.717) is 34.0 Å². The first-order valence-electron chi connectivity index (χ1n) is 8.78. The Bertz CT molecular complexity index is 1060. The predicted octanol–water partition coefficient (Wildman–Crippen LogP) is 4.23. The van der Waals surface area contributed by atoms with Crippen LogP contribution >= 0.6 is 0 Å². The van der Waals surface area contributed by atoms with Crippen LogP contribution in [0.3, 0.4) is 0 Å². The summed E-state index contributed by atoms with van der Waals surface area (Å²) >= 11 is 0. The molecule has 0 aromatic heterocycles. The highest BCUT2D eigenvalue weighted by Gasteiger charge is 2.16. The van der Waals surface area contributed by atoms with Crippen molar-refractivity contribution in [2.45, 2.75) is 6.92 Å². The zero-order chi connectivity index (χ0) is 19.5. The first-order valence-corrected chi connectivity index (χ1v) is 8.78. The number of ether oxygens (including phenoxy) is 2. The number of amides is 2. The van der Waals surface area contributed by atoms with Gasteiger partial charge >= 0.3 is 0 Å². The summed E-state index contributed by atoms with van der Waals surface area (Å²) in [7, 11) is 0. The Labute approximate surface area is 162 Å². The Morgan fingerprint density at radius 2 is 1.50 bits per heavy atom. The van der Waals surface area contributed by atoms with Gasteiger partial charge in [0, 0.05) is 22.5 Å². The maximum Gasteiger partial charge on any atom is 0.255 e. The summed E-state index contributed by atoms with van der Waals surface area (Å²) in [5.74, 6) is 0.697. The lowest BCUT2D eigenvalue weighted by atomic mass is 10.1. The van der Waals surface area contributed by atoms with E-state index >= 15 is 0 Å². The van der Waals surface area contributed by atoms with Crippen molar-refractivity contribution in [3.63, 3.8) is 0 Å². The number of nitrogens with one attached hydrogen (secondary N) is 2. The average molecular weight is 374 g/mol. The van der Waals surface area contributed by atoms with Crippen LogP contribution in [0.5, 0.6) is 11.5 Å². The lowest BCUT2D eigenvalue weighted by Gasteiger charge is -2.10. The molecule has 0 bridgehead atoms. The third-order valence-electron chi connectivity index (χ3n) is 4.40. The molecule has 3 aromatic carbocycles. The Morgan fingerprint density at radius 3 is 2.29 bits per heavy atom. The van der Waals surface area contributed by atoms with Gasteiger partial charge in [0.15, 0.2) is 11.5 Å². The van der Waals surface area contributed by atoms with Gasteiger partial charge in [0.05, 0.1) is 0 Å². The highest BCUT2D eigenvalue weighted by atomic mass is 16.7. The van der Waals surface area contributed by atoms with E-state index in [0.717, 1.165) is 5.56 Å². The fraction of sp³-hybridized carbons (Fsp3) is 0.0909. The van der Waals surface area contributed by atoms with Crippen molar-refractivity contribution >= 4 is 23.2 Å². The van der Waals surface area contributed by atoms with E-state index in [4.69, 9.17) is 9.47 Å². The van der Waals surface area contributed by atoms with Crippen molar-refractivity contribution < 1.29 is 19.1 Å². The average Bonchev–Trinajstić information content (AvgIpc) is 3.16. The van der Waals surface area contributed by atoms with Crippen LogP contribution in [-0.2, 0) is 0 Å². The van der Waals surface area contributed by atoms with Gasteiger partial charge in [-0.1, -0.05) is 24.3 Å². The molecule has 0 unspecified atom stereocenters. The molecule has 0 aliphatic carbocycles. The zero-order valence-corrected chi connectivity index (χ0v) is 15.2. The highest BCUT2D eigenvalue weighted by molar-refractivity contribution is 6.07. The van der Waals surface area contributed by atoms with E-state index in [1.807, 2.05) is 25.1 Å². The first-order chi connectivity index (χ1) is 13.6. The number of carbonyl (C=O) groups excluding carboxylic acids is 2. The number of aryl methyl sites for hydroxylation is 1. The van der Waals surface area contributed by atoms with Crippen LogP contribution in [0.15, 0.2) is 66.7 Å². The third kappa shape index (κ3) is 3.66. The zero-order valence-electron chi connectivity index (χ0n) is 15.2. The second-order valence-electron chi connectivity index (χ2n) is 6.37. The first kappa shape index (κ1) is 17.6. The van der Waals surface area contributed by atoms with Gasteiger partial charge in [0.25, 0.3) is 11.8 Å². The summed E-state index contributed by atoms with van der Waals surface area (Å²) in [6.07, 6.45) is 0. The van der Waals surface area contributed by atoms with Crippen LogP contribution in [0.1, 0.15) is 26.3 Å². The molecule has 2 N–H and O–H groups in total. The van der Waals surface area contributed by atoms with E-state index in [1.54, 1.807) is 48.5 Å². The van der Waals surface area contributed by atoms with Gasteiger partial charge in [-0.15, -0.1) is 0 Å². The molecular formula is C22H18N2O4. The molecule has 0 fully saturated rings. The van der Waals surface area contributed by atoms with Gasteiger partial charge in [-0.25, -0.2) is 0 Å². The van der Waals surface area contributed by atoms with Crippen LogP contribution in [0.4, 0.5) is 11.4 Å². The van der Waals surface area contributed by atoms with Crippen molar-refractivity contribution in [2.24, 2.45) is 0 Å². The van der Waals surface area contributed by atoms with Crippen LogP contribution in [0, 0.1) is 6.92 Å². The molecule has 6 nitrogen and oxygen atoms in total. The largest absolute Gasteiger partial charge is 0.454 e. The van der Waals surface area contributed by atoms with E-state index in [9.17, 15) is 9.59 Å². The lowest BCUT2D eigenvalue weighted by Crippen LogP contribution is -2.14. The Balaban J connectivity index is 1.47. The molecule has 3 aromatic rings. The van der Waals surface area contributed by atoms with E-state index < -0.39 is 0 Å². The number of anilines is 2. The maximum atomic E-state index is 12.5. The monoisotopic (exact) mass is 374 g/mol. The SMILES string of the molecule is Cc1ccccc1C(=O)Nc1cccc(NC(=O)c2ccc3c(c2)OCO3)c1. The summed E-state index contributed by atoms with van der Waals surface area (Å²) in [5, 5.41) is 5.69. The van der Waals surface area contributed by atoms with Gasteiger partial charge in [-0.05, 0) is 55.0 Å². The van der Waals surface area contributed by atoms with Gasteiger partial charge < -0.3 is 20.1 Å². The maximum absolute atomic E-state index is 12.5. The number of fused-ring (bicyclic) bond motifs is 1. The van der Waals surface area contributed by atoms with E-state index in [2.05, 4.69) is 10.6 Å². The molecule has 0 atom stereocenters. The topological polar surface area (TPSA) is 76.7 Å². The van der Waals surface area contributed by atoms with Crippen molar-refractivity contribution in [3.8, 4) is 11.5 Å². The fourth-order valence-electron chi connectivity index (χ4n) is 2.94. The molecule has 4 rings (SSSR count). The minimum absolute atomic E-state index is 0.156. The van der Waals surface area contributed by atoms with Crippen molar-refractivity contribution in [2.75, 3.05) is 17.4 Å². The summed E-state index contributed by atoms with van der Waals surface area (Å²) in [6, 6.07) is 19.4. The molecule has 1 heterocycles. The minimum Gasteiger partial charge on any atom is -0.454 e. The molecule has 0 saturated heterocycles. The second-order valence-corrected chi connectivity index (χ2v) is 6.37. The van der Waals surface area contributed by atoms with E-state index in [1.165, 1.54) is 0 Å². The molecule has 1 aliphatic rings. The Kier molecular flexibility index (Phi) is 4.68. The number of carbonyl (C=O) groups is 2. The van der Waals surface area contributed by atoms with Crippen molar-refractivity contribution in [1.82, 2.24) is 0 Å². The lowest BCUT2D eigenvalue weighted by molar-refractivity contribution is 0.101. The highest BCUT2D eigenvalue weighted by Crippen LogP contribution is 2.32. The van der Waals surface area contributed by atoms with Gasteiger partial charge in [0.2, 0.25) is 6.79 Å². The minimum atomic E-state index is -0.277. The number of rotatable bonds is 4. The van der Waals surface area contributed by atoms with E-state index in [-0.39, 0.29) is 18.6 Å². The number of hydrogen-bond acceptors (Lipinski definition) is 4. The molecule has 0 radical (unpaired) electrons. The predicted molar refractivity (Wildman–Crippen MR) is 106 cm³/mol. The Morgan fingerprint density at radius 1 is 0.786 bits per heavy atom. The molecule has 140 valence electrons. The van der Waals surface area contributed by atoms with Crippen molar-refractivity contribution in [1.29, 1.82) is 0 Å². The van der Waals surface area contributed by atoms with Gasteiger partial charge in [-0.2, -0.15) is 0 Å². The smallest absolute Gasteiger partial charge is 0.255 e. The normalized spacial score (nSPS) is 11.8. The fourth-order valence-corrected chi connectivity index (χ4v) is 2.94. The number of hydrogen-bond donors (Lipinski definition) is 2. The molecule has 0 saturated carbocycles. The summed E-state index contributed by atoms with van der Waals surface area (Å²) in [5.41, 5.74) is 3.13. The van der Waals surface area contributed by atoms with Crippen LogP contribution in [0.25, 0.3) is 0 Å². The van der Waals surface area contributed by atoms with Gasteiger partial charge in [-0.3, -0.25) is 9.59 Å². The van der Waals surface area contributed by atoms with Gasteiger partial charge in [0.1, 0.15) is 0 Å². The molecule has 2 amide bonds. The second kappa shape index (κ2) is 7.44. The summed E-state index contributed by atoms with van der Waals surface area (Å²) < 4.78 is 10.6. The van der Waals surface area contributed by atoms with Crippen LogP contribution in [-0.4, -0.2) is 18.6 Å². The Hall–Kier alpha value is -3.80. The van der Waals surface area contributed by atoms with Crippen LogP contribution < -0.4 is 20.1 Å². The van der Waals surface area contributed by atoms with Crippen LogP contribution in [0.2, 0.25) is 0 Å². The summed E-state index contributed by atoms with van der Waals surface area (Å²) in [4.78, 5) is 25.0. The molecule has 0 spiro atoms. The molecule has 6 heteroatoms. The molecule has 1 aliphatic heterocycles. The standard InChI is InChI=1S/C22H18N2O4/c1-14-5-2-3-8-18(14)22(26)24-17-7-4-6-16(12-17)23-21(25)15-9-10-19-20(11-15)28-13-27-19/h2-12H,13H2,1H3,(H,23,25)(H,24,26). The quantitative estimate of drug-likeness (QED) is 0.717. The van der Waals surface area contributed by atoms with Crippen molar-refractivity contribution in [3.05, 3.63) is 83.4 Å². The molecule has 28 heavy (non-hydrogen) atoms. The number of benzene rings is 3.